The van der Waals surface area contributed by atoms with Crippen molar-refractivity contribution >= 4 is 17.2 Å². The third-order valence-electron chi connectivity index (χ3n) is 1.59. The molecular weight excluding hydrogens is 188 g/mol. The van der Waals surface area contributed by atoms with E-state index >= 15 is 0 Å². The van der Waals surface area contributed by atoms with Crippen molar-refractivity contribution in [3.63, 3.8) is 0 Å². The minimum Gasteiger partial charge on any atom is -0.387 e. The molecule has 0 amide bonds. The van der Waals surface area contributed by atoms with Crippen molar-refractivity contribution in [2.24, 2.45) is 5.73 Å². The minimum atomic E-state index is 0.139. The van der Waals surface area contributed by atoms with E-state index in [0.717, 1.165) is 0 Å². The first-order valence-corrected chi connectivity index (χ1v) is 4.26. The number of hydrogen-bond acceptors (Lipinski definition) is 4. The topological polar surface area (TPSA) is 66.0 Å². The molecule has 1 rings (SSSR count). The summed E-state index contributed by atoms with van der Waals surface area (Å²) in [6, 6.07) is 0.139. The van der Waals surface area contributed by atoms with Gasteiger partial charge < -0.3 is 10.5 Å². The van der Waals surface area contributed by atoms with Gasteiger partial charge in [0.25, 0.3) is 0 Å². The van der Waals surface area contributed by atoms with Gasteiger partial charge in [-0.1, -0.05) is 12.2 Å². The van der Waals surface area contributed by atoms with Crippen LogP contribution in [-0.2, 0) is 4.74 Å². The Kier molecular flexibility index (Phi) is 3.32. The van der Waals surface area contributed by atoms with Crippen molar-refractivity contribution in [1.82, 2.24) is 14.8 Å². The van der Waals surface area contributed by atoms with Crippen LogP contribution >= 0.6 is 12.2 Å². The third-order valence-corrected chi connectivity index (χ3v) is 1.77. The van der Waals surface area contributed by atoms with Crippen molar-refractivity contribution < 1.29 is 4.74 Å². The number of thiocarbonyl (C=S) groups is 1. The van der Waals surface area contributed by atoms with Crippen LogP contribution in [0.5, 0.6) is 0 Å². The fourth-order valence-electron chi connectivity index (χ4n) is 0.918. The quantitative estimate of drug-likeness (QED) is 0.699. The van der Waals surface area contributed by atoms with E-state index in [1.807, 2.05) is 6.92 Å². The molecule has 0 saturated carbocycles. The van der Waals surface area contributed by atoms with Crippen molar-refractivity contribution in [1.29, 1.82) is 0 Å². The maximum Gasteiger partial charge on any atom is 0.208 e. The van der Waals surface area contributed by atoms with E-state index in [9.17, 15) is 0 Å². The molecule has 0 aliphatic heterocycles. The molecule has 0 spiro atoms. The summed E-state index contributed by atoms with van der Waals surface area (Å²) in [4.78, 5) is 4.16. The lowest BCUT2D eigenvalue weighted by Gasteiger charge is -2.08. The summed E-state index contributed by atoms with van der Waals surface area (Å²) in [5.74, 6) is 0.401. The van der Waals surface area contributed by atoms with Crippen LogP contribution in [0, 0.1) is 0 Å². The molecule has 0 aliphatic rings. The predicted molar refractivity (Wildman–Crippen MR) is 52.5 cm³/mol. The first-order valence-electron chi connectivity index (χ1n) is 3.85. The molecule has 1 atom stereocenters. The number of nitrogens with zero attached hydrogens (tertiary/aromatic N) is 3. The number of aromatic nitrogens is 3. The van der Waals surface area contributed by atoms with E-state index in [-0.39, 0.29) is 11.0 Å². The van der Waals surface area contributed by atoms with Gasteiger partial charge in [-0.3, -0.25) is 0 Å². The fraction of sp³-hybridized carbons (Fsp3) is 0.571. The van der Waals surface area contributed by atoms with Crippen LogP contribution in [0.2, 0.25) is 0 Å². The Hall–Kier alpha value is -1.01. The van der Waals surface area contributed by atoms with Crippen molar-refractivity contribution in [3.8, 4) is 0 Å². The summed E-state index contributed by atoms with van der Waals surface area (Å²) in [5.41, 5.74) is 5.36. The molecule has 13 heavy (non-hydrogen) atoms. The summed E-state index contributed by atoms with van der Waals surface area (Å²) in [5, 5.41) is 4.09. The van der Waals surface area contributed by atoms with Crippen LogP contribution in [0.4, 0.5) is 0 Å². The largest absolute Gasteiger partial charge is 0.387 e. The Morgan fingerprint density at radius 3 is 3.00 bits per heavy atom. The molecule has 5 nitrogen and oxygen atoms in total. The van der Waals surface area contributed by atoms with Crippen molar-refractivity contribution in [2.75, 3.05) is 13.7 Å². The lowest BCUT2D eigenvalue weighted by molar-refractivity contribution is 0.157. The van der Waals surface area contributed by atoms with Gasteiger partial charge in [-0.25, -0.2) is 9.67 Å². The molecule has 1 aromatic heterocycles. The Labute approximate surface area is 81.9 Å². The van der Waals surface area contributed by atoms with Gasteiger partial charge in [-0.05, 0) is 6.92 Å². The average Bonchev–Trinajstić information content (AvgIpc) is 2.52. The minimum absolute atomic E-state index is 0.139. The van der Waals surface area contributed by atoms with E-state index in [2.05, 4.69) is 10.1 Å². The standard InChI is InChI=1S/C7H12N4OS/c1-5(3-12-2)11-4-9-7(10-11)6(8)13/h4-5H,3H2,1-2H3,(H2,8,13). The van der Waals surface area contributed by atoms with E-state index in [1.165, 1.54) is 0 Å². The van der Waals surface area contributed by atoms with Gasteiger partial charge in [0, 0.05) is 7.11 Å². The molecule has 0 radical (unpaired) electrons. The highest BCUT2D eigenvalue weighted by Gasteiger charge is 2.08. The Bertz CT molecular complexity index is 298. The summed E-state index contributed by atoms with van der Waals surface area (Å²) < 4.78 is 6.65. The molecule has 0 aromatic carbocycles. The molecule has 1 aromatic rings. The van der Waals surface area contributed by atoms with Crippen LogP contribution in [0.3, 0.4) is 0 Å². The number of rotatable bonds is 4. The fourth-order valence-corrected chi connectivity index (χ4v) is 1.01. The highest BCUT2D eigenvalue weighted by atomic mass is 32.1. The number of nitrogens with two attached hydrogens (primary N) is 1. The zero-order chi connectivity index (χ0) is 9.84. The maximum absolute atomic E-state index is 5.36. The summed E-state index contributed by atoms with van der Waals surface area (Å²) in [6.45, 7) is 2.56. The molecule has 2 N–H and O–H groups in total. The number of hydrogen-bond donors (Lipinski definition) is 1. The van der Waals surface area contributed by atoms with Gasteiger partial charge in [-0.2, -0.15) is 0 Å². The molecule has 1 heterocycles. The molecule has 1 unspecified atom stereocenters. The van der Waals surface area contributed by atoms with Gasteiger partial charge >= 0.3 is 0 Å². The maximum atomic E-state index is 5.36. The molecule has 0 bridgehead atoms. The predicted octanol–water partition coefficient (Wildman–Crippen LogP) is 0.120. The SMILES string of the molecule is COCC(C)n1cnc(C(N)=S)n1. The van der Waals surface area contributed by atoms with Crippen LogP contribution in [-0.4, -0.2) is 33.5 Å². The van der Waals surface area contributed by atoms with Gasteiger partial charge in [0.1, 0.15) is 11.3 Å². The van der Waals surface area contributed by atoms with Crippen LogP contribution < -0.4 is 5.73 Å². The van der Waals surface area contributed by atoms with E-state index in [0.29, 0.717) is 12.4 Å². The Balaban J connectivity index is 2.73. The van der Waals surface area contributed by atoms with Crippen molar-refractivity contribution in [3.05, 3.63) is 12.2 Å². The highest BCUT2D eigenvalue weighted by molar-refractivity contribution is 7.80. The normalized spacial score (nSPS) is 12.8. The highest BCUT2D eigenvalue weighted by Crippen LogP contribution is 2.03. The smallest absolute Gasteiger partial charge is 0.208 e. The first-order chi connectivity index (χ1) is 6.15. The van der Waals surface area contributed by atoms with E-state index in [4.69, 9.17) is 22.7 Å². The second kappa shape index (κ2) is 4.29. The molecule has 0 fully saturated rings. The van der Waals surface area contributed by atoms with Gasteiger partial charge in [-0.15, -0.1) is 5.10 Å². The Morgan fingerprint density at radius 1 is 1.85 bits per heavy atom. The van der Waals surface area contributed by atoms with Crippen LogP contribution in [0.15, 0.2) is 6.33 Å². The second-order valence-corrected chi connectivity index (χ2v) is 3.16. The van der Waals surface area contributed by atoms with E-state index < -0.39 is 0 Å². The lowest BCUT2D eigenvalue weighted by Crippen LogP contribution is -2.15. The van der Waals surface area contributed by atoms with Gasteiger partial charge in [0.05, 0.1) is 12.6 Å². The second-order valence-electron chi connectivity index (χ2n) is 2.72. The number of ether oxygens (including phenoxy) is 1. The lowest BCUT2D eigenvalue weighted by atomic mass is 10.4. The van der Waals surface area contributed by atoms with Crippen LogP contribution in [0.1, 0.15) is 18.8 Å². The first kappa shape index (κ1) is 10.1. The molecular formula is C7H12N4OS. The molecule has 72 valence electrons. The van der Waals surface area contributed by atoms with Gasteiger partial charge in [0.15, 0.2) is 0 Å². The molecule has 6 heteroatoms. The summed E-state index contributed by atoms with van der Waals surface area (Å²) in [7, 11) is 1.64. The molecule has 0 aliphatic carbocycles. The van der Waals surface area contributed by atoms with Crippen LogP contribution in [0.25, 0.3) is 0 Å². The third kappa shape index (κ3) is 2.46. The zero-order valence-electron chi connectivity index (χ0n) is 7.60. The average molecular weight is 200 g/mol. The zero-order valence-corrected chi connectivity index (χ0v) is 8.41. The van der Waals surface area contributed by atoms with Gasteiger partial charge in [0.2, 0.25) is 5.82 Å². The summed E-state index contributed by atoms with van der Waals surface area (Å²) in [6.07, 6.45) is 1.60. The van der Waals surface area contributed by atoms with E-state index in [1.54, 1.807) is 18.1 Å². The number of methoxy groups -OCH3 is 1. The summed E-state index contributed by atoms with van der Waals surface area (Å²) >= 11 is 4.73. The van der Waals surface area contributed by atoms with Crippen molar-refractivity contribution in [2.45, 2.75) is 13.0 Å². The molecule has 0 saturated heterocycles. The Morgan fingerprint density at radius 2 is 2.54 bits per heavy atom. The monoisotopic (exact) mass is 200 g/mol.